The number of hydrogen-bond acceptors (Lipinski definition) is 2. The summed E-state index contributed by atoms with van der Waals surface area (Å²) in [7, 11) is 2.03. The molecule has 5 heteroatoms. The summed E-state index contributed by atoms with van der Waals surface area (Å²) < 4.78 is 0.812. The fourth-order valence-corrected chi connectivity index (χ4v) is 3.34. The second kappa shape index (κ2) is 6.16. The molecule has 0 saturated carbocycles. The summed E-state index contributed by atoms with van der Waals surface area (Å²) in [5, 5.41) is 0.710. The fraction of sp³-hybridized carbons (Fsp3) is 0.231. The molecular weight excluding hydrogens is 309 g/mol. The summed E-state index contributed by atoms with van der Waals surface area (Å²) in [6.07, 6.45) is 0. The summed E-state index contributed by atoms with van der Waals surface area (Å²) in [6, 6.07) is 9.74. The lowest BCUT2D eigenvalue weighted by molar-refractivity contribution is 0.932. The molecule has 18 heavy (non-hydrogen) atoms. The number of thiophene rings is 1. The number of nitrogens with zero attached hydrogens (tertiary/aromatic N) is 1. The number of hydrogen-bond donors (Lipinski definition) is 0. The minimum Gasteiger partial charge on any atom is -0.369 e. The standard InChI is InChI=1S/C13H12Cl3NS/c1-17(8-11-3-5-13(16)18-11)12-4-2-10(15)6-9(12)7-14/h2-6H,7-8H2,1H3. The van der Waals surface area contributed by atoms with Crippen molar-refractivity contribution in [1.82, 2.24) is 0 Å². The lowest BCUT2D eigenvalue weighted by Crippen LogP contribution is -2.17. The Morgan fingerprint density at radius 2 is 1.94 bits per heavy atom. The van der Waals surface area contributed by atoms with Crippen molar-refractivity contribution in [2.75, 3.05) is 11.9 Å². The van der Waals surface area contributed by atoms with Gasteiger partial charge in [-0.1, -0.05) is 23.2 Å². The van der Waals surface area contributed by atoms with Crippen molar-refractivity contribution in [2.45, 2.75) is 12.4 Å². The zero-order valence-corrected chi connectivity index (χ0v) is 12.9. The van der Waals surface area contributed by atoms with Gasteiger partial charge in [-0.05, 0) is 35.9 Å². The van der Waals surface area contributed by atoms with Crippen LogP contribution in [0.1, 0.15) is 10.4 Å². The Bertz CT molecular complexity index is 539. The quantitative estimate of drug-likeness (QED) is 0.679. The molecule has 1 nitrogen and oxygen atoms in total. The molecule has 0 fully saturated rings. The number of benzene rings is 1. The third-order valence-corrected chi connectivity index (χ3v) is 4.36. The summed E-state index contributed by atoms with van der Waals surface area (Å²) in [5.74, 6) is 0.450. The minimum absolute atomic E-state index is 0.450. The van der Waals surface area contributed by atoms with E-state index < -0.39 is 0 Å². The van der Waals surface area contributed by atoms with Gasteiger partial charge in [-0.25, -0.2) is 0 Å². The Balaban J connectivity index is 2.20. The van der Waals surface area contributed by atoms with Gasteiger partial charge in [-0.15, -0.1) is 22.9 Å². The third kappa shape index (κ3) is 3.33. The zero-order valence-electron chi connectivity index (χ0n) is 9.79. The largest absolute Gasteiger partial charge is 0.369 e. The van der Waals surface area contributed by atoms with Crippen LogP contribution in [0.5, 0.6) is 0 Å². The molecule has 0 N–H and O–H groups in total. The molecule has 1 heterocycles. The van der Waals surface area contributed by atoms with E-state index in [2.05, 4.69) is 4.90 Å². The maximum absolute atomic E-state index is 5.97. The summed E-state index contributed by atoms with van der Waals surface area (Å²) >= 11 is 19.4. The van der Waals surface area contributed by atoms with Crippen molar-refractivity contribution in [1.29, 1.82) is 0 Å². The Labute approximate surface area is 126 Å². The number of anilines is 1. The molecular formula is C13H12Cl3NS. The normalized spacial score (nSPS) is 10.7. The van der Waals surface area contributed by atoms with E-state index in [-0.39, 0.29) is 0 Å². The summed E-state index contributed by atoms with van der Waals surface area (Å²) in [4.78, 5) is 3.37. The Morgan fingerprint density at radius 1 is 1.17 bits per heavy atom. The van der Waals surface area contributed by atoms with Crippen LogP contribution >= 0.6 is 46.1 Å². The Kier molecular flexibility index (Phi) is 4.79. The number of alkyl halides is 1. The third-order valence-electron chi connectivity index (χ3n) is 2.62. The van der Waals surface area contributed by atoms with Crippen molar-refractivity contribution >= 4 is 51.8 Å². The monoisotopic (exact) mass is 319 g/mol. The average molecular weight is 321 g/mol. The molecule has 0 aliphatic heterocycles. The highest BCUT2D eigenvalue weighted by molar-refractivity contribution is 7.16. The first-order chi connectivity index (χ1) is 8.60. The highest BCUT2D eigenvalue weighted by atomic mass is 35.5. The molecule has 96 valence electrons. The molecule has 0 saturated heterocycles. The Morgan fingerprint density at radius 3 is 2.56 bits per heavy atom. The van der Waals surface area contributed by atoms with Crippen molar-refractivity contribution in [3.05, 3.63) is 50.1 Å². The maximum atomic E-state index is 5.97. The van der Waals surface area contributed by atoms with Crippen molar-refractivity contribution in [2.24, 2.45) is 0 Å². The van der Waals surface area contributed by atoms with Crippen LogP contribution in [0.3, 0.4) is 0 Å². The van der Waals surface area contributed by atoms with E-state index in [1.54, 1.807) is 11.3 Å². The topological polar surface area (TPSA) is 3.24 Å². The maximum Gasteiger partial charge on any atom is 0.0931 e. The molecule has 0 spiro atoms. The van der Waals surface area contributed by atoms with Gasteiger partial charge < -0.3 is 4.90 Å². The second-order valence-electron chi connectivity index (χ2n) is 3.97. The molecule has 0 aliphatic carbocycles. The molecule has 0 radical (unpaired) electrons. The van der Waals surface area contributed by atoms with Gasteiger partial charge in [0.2, 0.25) is 0 Å². The highest BCUT2D eigenvalue weighted by Gasteiger charge is 2.09. The van der Waals surface area contributed by atoms with E-state index in [1.807, 2.05) is 37.4 Å². The number of rotatable bonds is 4. The van der Waals surface area contributed by atoms with E-state index in [0.29, 0.717) is 10.9 Å². The van der Waals surface area contributed by atoms with E-state index in [4.69, 9.17) is 34.8 Å². The lowest BCUT2D eigenvalue weighted by atomic mass is 10.2. The molecule has 1 aromatic carbocycles. The average Bonchev–Trinajstić information content (AvgIpc) is 2.74. The summed E-state index contributed by atoms with van der Waals surface area (Å²) in [5.41, 5.74) is 2.13. The van der Waals surface area contributed by atoms with Crippen LogP contribution in [0.2, 0.25) is 9.36 Å². The first kappa shape index (κ1) is 14.0. The van der Waals surface area contributed by atoms with Gasteiger partial charge in [0.05, 0.1) is 10.9 Å². The Hall–Kier alpha value is -0.410. The van der Waals surface area contributed by atoms with E-state index in [0.717, 1.165) is 22.1 Å². The van der Waals surface area contributed by atoms with Crippen LogP contribution in [-0.2, 0) is 12.4 Å². The zero-order chi connectivity index (χ0) is 13.1. The highest BCUT2D eigenvalue weighted by Crippen LogP contribution is 2.28. The van der Waals surface area contributed by atoms with Gasteiger partial charge in [-0.3, -0.25) is 0 Å². The van der Waals surface area contributed by atoms with Gasteiger partial charge in [0, 0.05) is 28.5 Å². The smallest absolute Gasteiger partial charge is 0.0931 e. The van der Waals surface area contributed by atoms with Gasteiger partial charge in [-0.2, -0.15) is 0 Å². The lowest BCUT2D eigenvalue weighted by Gasteiger charge is -2.21. The van der Waals surface area contributed by atoms with Gasteiger partial charge >= 0.3 is 0 Å². The molecule has 2 rings (SSSR count). The fourth-order valence-electron chi connectivity index (χ4n) is 1.79. The van der Waals surface area contributed by atoms with E-state index in [9.17, 15) is 0 Å². The molecule has 2 aromatic rings. The van der Waals surface area contributed by atoms with Gasteiger partial charge in [0.1, 0.15) is 0 Å². The first-order valence-electron chi connectivity index (χ1n) is 5.40. The predicted molar refractivity (Wildman–Crippen MR) is 82.4 cm³/mol. The van der Waals surface area contributed by atoms with E-state index in [1.165, 1.54) is 4.88 Å². The van der Waals surface area contributed by atoms with Crippen LogP contribution in [-0.4, -0.2) is 7.05 Å². The SMILES string of the molecule is CN(Cc1ccc(Cl)s1)c1ccc(Cl)cc1CCl. The minimum atomic E-state index is 0.450. The van der Waals surface area contributed by atoms with Crippen LogP contribution in [0.25, 0.3) is 0 Å². The van der Waals surface area contributed by atoms with Crippen LogP contribution < -0.4 is 4.90 Å². The number of halogens is 3. The summed E-state index contributed by atoms with van der Waals surface area (Å²) in [6.45, 7) is 0.808. The molecule has 1 aromatic heterocycles. The van der Waals surface area contributed by atoms with Crippen LogP contribution in [0, 0.1) is 0 Å². The van der Waals surface area contributed by atoms with Gasteiger partial charge in [0.25, 0.3) is 0 Å². The first-order valence-corrected chi connectivity index (χ1v) is 7.50. The van der Waals surface area contributed by atoms with E-state index >= 15 is 0 Å². The van der Waals surface area contributed by atoms with Crippen LogP contribution in [0.15, 0.2) is 30.3 Å². The second-order valence-corrected chi connectivity index (χ2v) is 6.47. The van der Waals surface area contributed by atoms with Crippen LogP contribution in [0.4, 0.5) is 5.69 Å². The molecule has 0 aliphatic rings. The van der Waals surface area contributed by atoms with Gasteiger partial charge in [0.15, 0.2) is 0 Å². The van der Waals surface area contributed by atoms with Crippen molar-refractivity contribution < 1.29 is 0 Å². The molecule has 0 atom stereocenters. The van der Waals surface area contributed by atoms with Crippen molar-refractivity contribution in [3.8, 4) is 0 Å². The molecule has 0 bridgehead atoms. The molecule has 0 amide bonds. The molecule has 0 unspecified atom stereocenters. The van der Waals surface area contributed by atoms with Crippen molar-refractivity contribution in [3.63, 3.8) is 0 Å². The predicted octanol–water partition coefficient (Wildman–Crippen LogP) is 5.43.